The quantitative estimate of drug-likeness (QED) is 0.856. The van der Waals surface area contributed by atoms with Crippen molar-refractivity contribution in [3.63, 3.8) is 0 Å². The molecule has 1 aromatic heterocycles. The Labute approximate surface area is 124 Å². The molecule has 7 heteroatoms. The second kappa shape index (κ2) is 6.94. The molecule has 0 unspecified atom stereocenters. The summed E-state index contributed by atoms with van der Waals surface area (Å²) in [4.78, 5) is 26.2. The van der Waals surface area contributed by atoms with Crippen LogP contribution in [0.4, 0.5) is 4.39 Å². The van der Waals surface area contributed by atoms with Gasteiger partial charge in [-0.1, -0.05) is 12.1 Å². The van der Waals surface area contributed by atoms with Crippen LogP contribution < -0.4 is 5.32 Å². The predicted octanol–water partition coefficient (Wildman–Crippen LogP) is 2.08. The number of hydrogen-bond acceptors (Lipinski definition) is 4. The highest BCUT2D eigenvalue weighted by molar-refractivity contribution is 7.13. The third kappa shape index (κ3) is 4.35. The van der Waals surface area contributed by atoms with Crippen LogP contribution in [0.3, 0.4) is 0 Å². The summed E-state index contributed by atoms with van der Waals surface area (Å²) < 4.78 is 13.6. The lowest BCUT2D eigenvalue weighted by atomic mass is 10.2. The fourth-order valence-electron chi connectivity index (χ4n) is 1.68. The van der Waals surface area contributed by atoms with Gasteiger partial charge in [-0.2, -0.15) is 0 Å². The molecule has 2 N–H and O–H groups in total. The fourth-order valence-corrected chi connectivity index (χ4v) is 2.53. The highest BCUT2D eigenvalue weighted by Gasteiger charge is 2.11. The molecule has 21 heavy (non-hydrogen) atoms. The zero-order valence-corrected chi connectivity index (χ0v) is 11.8. The molecule has 0 spiro atoms. The molecule has 0 bridgehead atoms. The van der Waals surface area contributed by atoms with Crippen LogP contribution in [0.2, 0.25) is 0 Å². The highest BCUT2D eigenvalue weighted by Crippen LogP contribution is 2.26. The highest BCUT2D eigenvalue weighted by atomic mass is 32.1. The topological polar surface area (TPSA) is 79.3 Å². The number of nitrogens with one attached hydrogen (secondary N) is 1. The summed E-state index contributed by atoms with van der Waals surface area (Å²) in [7, 11) is 0. The van der Waals surface area contributed by atoms with Crippen LogP contribution in [0.1, 0.15) is 12.1 Å². The van der Waals surface area contributed by atoms with Gasteiger partial charge in [-0.15, -0.1) is 11.3 Å². The Morgan fingerprint density at radius 1 is 1.33 bits per heavy atom. The molecule has 0 fully saturated rings. The summed E-state index contributed by atoms with van der Waals surface area (Å²) >= 11 is 1.26. The minimum atomic E-state index is -0.967. The molecule has 5 nitrogen and oxygen atoms in total. The predicted molar refractivity (Wildman–Crippen MR) is 76.5 cm³/mol. The molecule has 2 rings (SSSR count). The number of nitrogens with zero attached hydrogens (tertiary/aromatic N) is 1. The molecule has 0 radical (unpaired) electrons. The molecule has 0 aliphatic rings. The number of hydrogen-bond donors (Lipinski definition) is 2. The number of benzene rings is 1. The maximum Gasteiger partial charge on any atom is 0.305 e. The van der Waals surface area contributed by atoms with Crippen LogP contribution in [0, 0.1) is 5.82 Å². The van der Waals surface area contributed by atoms with Crippen molar-refractivity contribution < 1.29 is 19.1 Å². The first-order valence-corrected chi connectivity index (χ1v) is 7.12. The average molecular weight is 308 g/mol. The molecular weight excluding hydrogens is 295 g/mol. The minimum Gasteiger partial charge on any atom is -0.481 e. The van der Waals surface area contributed by atoms with E-state index in [0.29, 0.717) is 16.3 Å². The number of halogens is 1. The van der Waals surface area contributed by atoms with E-state index < -0.39 is 5.97 Å². The zero-order valence-electron chi connectivity index (χ0n) is 11.0. The second-order valence-corrected chi connectivity index (χ2v) is 5.15. The first-order chi connectivity index (χ1) is 10.1. The Morgan fingerprint density at radius 2 is 2.10 bits per heavy atom. The van der Waals surface area contributed by atoms with Gasteiger partial charge in [0.1, 0.15) is 10.8 Å². The molecule has 0 atom stereocenters. The monoisotopic (exact) mass is 308 g/mol. The van der Waals surface area contributed by atoms with Crippen molar-refractivity contribution in [1.29, 1.82) is 0 Å². The van der Waals surface area contributed by atoms with Crippen molar-refractivity contribution >= 4 is 23.2 Å². The molecule has 0 aliphatic heterocycles. The Morgan fingerprint density at radius 3 is 2.81 bits per heavy atom. The van der Waals surface area contributed by atoms with Crippen LogP contribution in [0.15, 0.2) is 29.6 Å². The molecule has 1 amide bonds. The lowest BCUT2D eigenvalue weighted by molar-refractivity contribution is -0.136. The number of aromatic nitrogens is 1. The third-order valence-corrected chi connectivity index (χ3v) is 3.58. The van der Waals surface area contributed by atoms with Gasteiger partial charge in [0.05, 0.1) is 18.5 Å². The first-order valence-electron chi connectivity index (χ1n) is 6.24. The van der Waals surface area contributed by atoms with Gasteiger partial charge in [0.15, 0.2) is 0 Å². The fraction of sp³-hybridized carbons (Fsp3) is 0.214. The standard InChI is InChI=1S/C14H13FN2O3S/c15-11-4-2-1-3-10(11)14-17-9(8-21-14)7-12(18)16-6-5-13(19)20/h1-4,8H,5-7H2,(H,16,18)(H,19,20). The number of carbonyl (C=O) groups is 2. The van der Waals surface area contributed by atoms with Crippen LogP contribution in [0.25, 0.3) is 10.6 Å². The number of carboxylic acid groups (broad SMARTS) is 1. The Bertz CT molecular complexity index is 657. The smallest absolute Gasteiger partial charge is 0.305 e. The van der Waals surface area contributed by atoms with Gasteiger partial charge in [0.2, 0.25) is 5.91 Å². The molecule has 110 valence electrons. The molecule has 0 saturated carbocycles. The Kier molecular flexibility index (Phi) is 4.99. The summed E-state index contributed by atoms with van der Waals surface area (Å²) in [5, 5.41) is 13.2. The molecule has 1 heterocycles. The molecule has 2 aromatic rings. The molecule has 1 aromatic carbocycles. The van der Waals surface area contributed by atoms with E-state index in [1.807, 2.05) is 0 Å². The van der Waals surface area contributed by atoms with E-state index in [2.05, 4.69) is 10.3 Å². The third-order valence-electron chi connectivity index (χ3n) is 2.66. The van der Waals surface area contributed by atoms with Gasteiger partial charge >= 0.3 is 5.97 Å². The van der Waals surface area contributed by atoms with E-state index in [0.717, 1.165) is 0 Å². The van der Waals surface area contributed by atoms with E-state index in [1.54, 1.807) is 23.6 Å². The number of thiazole rings is 1. The Balaban J connectivity index is 1.96. The number of aliphatic carboxylic acids is 1. The van der Waals surface area contributed by atoms with Crippen molar-refractivity contribution in [1.82, 2.24) is 10.3 Å². The van der Waals surface area contributed by atoms with Crippen molar-refractivity contribution in [2.75, 3.05) is 6.54 Å². The lowest BCUT2D eigenvalue weighted by Gasteiger charge is -2.01. The van der Waals surface area contributed by atoms with E-state index in [1.165, 1.54) is 17.4 Å². The van der Waals surface area contributed by atoms with Gasteiger partial charge in [-0.05, 0) is 12.1 Å². The lowest BCUT2D eigenvalue weighted by Crippen LogP contribution is -2.27. The van der Waals surface area contributed by atoms with Gasteiger partial charge in [0, 0.05) is 17.5 Å². The summed E-state index contributed by atoms with van der Waals surface area (Å²) in [6, 6.07) is 6.31. The van der Waals surface area contributed by atoms with E-state index in [4.69, 9.17) is 5.11 Å². The molecular formula is C14H13FN2O3S. The van der Waals surface area contributed by atoms with Crippen LogP contribution in [-0.2, 0) is 16.0 Å². The van der Waals surface area contributed by atoms with Crippen LogP contribution in [-0.4, -0.2) is 28.5 Å². The van der Waals surface area contributed by atoms with E-state index >= 15 is 0 Å². The minimum absolute atomic E-state index is 0.0462. The number of rotatable bonds is 6. The van der Waals surface area contributed by atoms with E-state index in [-0.39, 0.29) is 31.1 Å². The van der Waals surface area contributed by atoms with Crippen molar-refractivity contribution in [3.8, 4) is 10.6 Å². The van der Waals surface area contributed by atoms with Crippen molar-refractivity contribution in [2.45, 2.75) is 12.8 Å². The summed E-state index contributed by atoms with van der Waals surface area (Å²) in [6.45, 7) is 0.0818. The normalized spacial score (nSPS) is 10.3. The number of amides is 1. The van der Waals surface area contributed by atoms with Crippen molar-refractivity contribution in [3.05, 3.63) is 41.2 Å². The van der Waals surface area contributed by atoms with Gasteiger partial charge in [0.25, 0.3) is 0 Å². The first kappa shape index (κ1) is 15.1. The Hall–Kier alpha value is -2.28. The van der Waals surface area contributed by atoms with Crippen LogP contribution in [0.5, 0.6) is 0 Å². The summed E-state index contributed by atoms with van der Waals surface area (Å²) in [5.74, 6) is -1.63. The largest absolute Gasteiger partial charge is 0.481 e. The van der Waals surface area contributed by atoms with Gasteiger partial charge in [-0.25, -0.2) is 9.37 Å². The maximum absolute atomic E-state index is 13.6. The van der Waals surface area contributed by atoms with Crippen LogP contribution >= 0.6 is 11.3 Å². The molecule has 0 saturated heterocycles. The van der Waals surface area contributed by atoms with E-state index in [9.17, 15) is 14.0 Å². The number of carbonyl (C=O) groups excluding carboxylic acids is 1. The molecule has 0 aliphatic carbocycles. The van der Waals surface area contributed by atoms with Gasteiger partial charge in [-0.3, -0.25) is 9.59 Å². The van der Waals surface area contributed by atoms with Gasteiger partial charge < -0.3 is 10.4 Å². The zero-order chi connectivity index (χ0) is 15.2. The maximum atomic E-state index is 13.6. The summed E-state index contributed by atoms with van der Waals surface area (Å²) in [5.41, 5.74) is 0.936. The number of carboxylic acids is 1. The second-order valence-electron chi connectivity index (χ2n) is 4.29. The summed E-state index contributed by atoms with van der Waals surface area (Å²) in [6.07, 6.45) is -0.0755. The average Bonchev–Trinajstić information content (AvgIpc) is 2.87. The SMILES string of the molecule is O=C(O)CCNC(=O)Cc1csc(-c2ccccc2F)n1. The van der Waals surface area contributed by atoms with Crippen molar-refractivity contribution in [2.24, 2.45) is 0 Å².